The Morgan fingerprint density at radius 1 is 1.09 bits per heavy atom. The molecule has 4 heterocycles. The fraction of sp³-hybridized carbons (Fsp3) is 0.292. The minimum Gasteiger partial charge on any atom is -0.410 e. The zero-order valence-electron chi connectivity index (χ0n) is 17.3. The first-order chi connectivity index (χ1) is 15.6. The van der Waals surface area contributed by atoms with E-state index in [0.29, 0.717) is 12.3 Å². The van der Waals surface area contributed by atoms with E-state index in [0.717, 1.165) is 50.2 Å². The average molecular weight is 436 g/mol. The van der Waals surface area contributed by atoms with Gasteiger partial charge in [-0.2, -0.15) is 0 Å². The van der Waals surface area contributed by atoms with Crippen molar-refractivity contribution in [1.29, 1.82) is 0 Å². The van der Waals surface area contributed by atoms with Gasteiger partial charge in [-0.3, -0.25) is 14.9 Å². The van der Waals surface area contributed by atoms with Crippen LogP contribution in [-0.2, 0) is 23.5 Å². The molecule has 1 spiro atoms. The van der Waals surface area contributed by atoms with Crippen LogP contribution in [0.4, 0.5) is 8.78 Å². The van der Waals surface area contributed by atoms with Crippen LogP contribution in [0.15, 0.2) is 60.1 Å². The highest BCUT2D eigenvalue weighted by Crippen LogP contribution is 2.43. The summed E-state index contributed by atoms with van der Waals surface area (Å²) < 4.78 is 33.0. The van der Waals surface area contributed by atoms with Gasteiger partial charge in [0.2, 0.25) is 0 Å². The summed E-state index contributed by atoms with van der Waals surface area (Å²) in [7, 11) is 0. The van der Waals surface area contributed by atoms with Crippen LogP contribution in [0.1, 0.15) is 40.8 Å². The number of nitrogens with zero attached hydrogens (tertiary/aromatic N) is 4. The molecule has 0 amide bonds. The van der Waals surface area contributed by atoms with E-state index in [4.69, 9.17) is 4.74 Å². The molecule has 8 heteroatoms. The molecule has 0 radical (unpaired) electrons. The Hall–Kier alpha value is -3.23. The lowest BCUT2D eigenvalue weighted by molar-refractivity contribution is -0.0800. The summed E-state index contributed by atoms with van der Waals surface area (Å²) in [4.78, 5) is 11.0. The zero-order chi connectivity index (χ0) is 22.1. The summed E-state index contributed by atoms with van der Waals surface area (Å²) >= 11 is 0. The van der Waals surface area contributed by atoms with Crippen LogP contribution < -0.4 is 0 Å². The highest BCUT2D eigenvalue weighted by molar-refractivity contribution is 6.11. The van der Waals surface area contributed by atoms with Gasteiger partial charge >= 0.3 is 0 Å². The van der Waals surface area contributed by atoms with Crippen molar-refractivity contribution in [2.24, 2.45) is 5.16 Å². The molecule has 1 N–H and O–H groups in total. The number of aromatic nitrogens is 2. The summed E-state index contributed by atoms with van der Waals surface area (Å²) in [5.74, 6) is -1.96. The van der Waals surface area contributed by atoms with Crippen LogP contribution in [-0.4, -0.2) is 38.9 Å². The minimum atomic E-state index is -1.01. The van der Waals surface area contributed by atoms with Gasteiger partial charge in [0.1, 0.15) is 5.71 Å². The van der Waals surface area contributed by atoms with E-state index in [-0.39, 0.29) is 16.9 Å². The second-order valence-electron chi connectivity index (χ2n) is 8.22. The molecule has 5 rings (SSSR count). The molecule has 3 aromatic rings. The van der Waals surface area contributed by atoms with Crippen LogP contribution in [0.5, 0.6) is 0 Å². The second kappa shape index (κ2) is 8.37. The van der Waals surface area contributed by atoms with Crippen LogP contribution >= 0.6 is 0 Å². The molecule has 1 aromatic carbocycles. The van der Waals surface area contributed by atoms with Gasteiger partial charge in [-0.25, -0.2) is 8.78 Å². The van der Waals surface area contributed by atoms with Crippen LogP contribution in [0, 0.1) is 11.6 Å². The Balaban J connectivity index is 1.24. The number of fused-ring (bicyclic) bond motifs is 2. The molecule has 0 unspecified atom stereocenters. The number of ether oxygens (including phenoxy) is 1. The van der Waals surface area contributed by atoms with Gasteiger partial charge in [-0.1, -0.05) is 11.2 Å². The zero-order valence-corrected chi connectivity index (χ0v) is 17.3. The first-order valence-corrected chi connectivity index (χ1v) is 10.5. The maximum Gasteiger partial charge on any atom is 0.159 e. The average Bonchev–Trinajstić information content (AvgIpc) is 3.18. The van der Waals surface area contributed by atoms with Crippen LogP contribution in [0.3, 0.4) is 0 Å². The fourth-order valence-electron chi connectivity index (χ4n) is 4.56. The number of pyridine rings is 2. The van der Waals surface area contributed by atoms with Gasteiger partial charge in [-0.05, 0) is 54.3 Å². The number of halogens is 2. The molecule has 2 aliphatic heterocycles. The second-order valence-corrected chi connectivity index (χ2v) is 8.22. The monoisotopic (exact) mass is 436 g/mol. The lowest BCUT2D eigenvalue weighted by Gasteiger charge is -2.39. The Kier molecular flexibility index (Phi) is 5.40. The van der Waals surface area contributed by atoms with Crippen molar-refractivity contribution in [2.45, 2.75) is 31.6 Å². The fourth-order valence-corrected chi connectivity index (χ4v) is 4.56. The Morgan fingerprint density at radius 3 is 2.66 bits per heavy atom. The standard InChI is InChI=1S/C24H22F2N4O2/c25-20-3-2-17(11-21(20)26)23(29-31)22-4-1-16(12-28-22)14-30-9-6-24(7-10-30)19-13-27-8-5-18(19)15-32-24/h1-5,8,11-13,31H,6-7,9-10,14-15H2/b29-23+. The number of hydrogen-bond acceptors (Lipinski definition) is 6. The van der Waals surface area contributed by atoms with Gasteiger partial charge < -0.3 is 9.94 Å². The van der Waals surface area contributed by atoms with E-state index < -0.39 is 11.6 Å². The summed E-state index contributed by atoms with van der Waals surface area (Å²) in [5.41, 5.74) is 3.96. The topological polar surface area (TPSA) is 70.8 Å². The Morgan fingerprint density at radius 2 is 1.94 bits per heavy atom. The van der Waals surface area contributed by atoms with E-state index in [1.807, 2.05) is 24.5 Å². The van der Waals surface area contributed by atoms with Gasteiger partial charge in [0.05, 0.1) is 17.9 Å². The third-order valence-corrected chi connectivity index (χ3v) is 6.34. The molecule has 32 heavy (non-hydrogen) atoms. The Bertz CT molecular complexity index is 1160. The van der Waals surface area contributed by atoms with Crippen molar-refractivity contribution in [1.82, 2.24) is 14.9 Å². The highest BCUT2D eigenvalue weighted by atomic mass is 19.2. The molecule has 0 atom stereocenters. The number of hydrogen-bond donors (Lipinski definition) is 1. The highest BCUT2D eigenvalue weighted by Gasteiger charge is 2.42. The number of rotatable bonds is 4. The van der Waals surface area contributed by atoms with Crippen molar-refractivity contribution >= 4 is 5.71 Å². The first-order valence-electron chi connectivity index (χ1n) is 10.5. The first kappa shape index (κ1) is 20.7. The molecule has 6 nitrogen and oxygen atoms in total. The lowest BCUT2D eigenvalue weighted by Crippen LogP contribution is -2.42. The maximum atomic E-state index is 13.6. The van der Waals surface area contributed by atoms with Crippen LogP contribution in [0.2, 0.25) is 0 Å². The van der Waals surface area contributed by atoms with E-state index in [1.165, 1.54) is 17.2 Å². The summed E-state index contributed by atoms with van der Waals surface area (Å²) in [6.07, 6.45) is 7.29. The SMILES string of the molecule is O/N=C(\c1ccc(F)c(F)c1)c1ccc(CN2CCC3(CC2)OCc2ccncc23)cn1. The molecule has 1 saturated heterocycles. The van der Waals surface area contributed by atoms with Crippen LogP contribution in [0.25, 0.3) is 0 Å². The molecular weight excluding hydrogens is 414 g/mol. The number of piperidine rings is 1. The summed E-state index contributed by atoms with van der Waals surface area (Å²) in [6.45, 7) is 3.18. The van der Waals surface area contributed by atoms with Crippen molar-refractivity contribution in [3.8, 4) is 0 Å². The van der Waals surface area contributed by atoms with E-state index >= 15 is 0 Å². The predicted octanol–water partition coefficient (Wildman–Crippen LogP) is 4.00. The summed E-state index contributed by atoms with van der Waals surface area (Å²) in [6, 6.07) is 9.00. The third kappa shape index (κ3) is 3.76. The third-order valence-electron chi connectivity index (χ3n) is 6.34. The number of likely N-dealkylation sites (tertiary alicyclic amines) is 1. The molecule has 0 saturated carbocycles. The number of oxime groups is 1. The largest absolute Gasteiger partial charge is 0.410 e. The van der Waals surface area contributed by atoms with E-state index in [2.05, 4.69) is 20.0 Å². The quantitative estimate of drug-likeness (QED) is 0.380. The lowest BCUT2D eigenvalue weighted by atomic mass is 9.84. The molecule has 0 bridgehead atoms. The van der Waals surface area contributed by atoms with Crippen molar-refractivity contribution in [2.75, 3.05) is 13.1 Å². The molecule has 2 aromatic heterocycles. The van der Waals surface area contributed by atoms with Crippen molar-refractivity contribution in [3.63, 3.8) is 0 Å². The Labute approximate surface area is 184 Å². The smallest absolute Gasteiger partial charge is 0.159 e. The molecule has 2 aliphatic rings. The molecular formula is C24H22F2N4O2. The molecule has 1 fully saturated rings. The van der Waals surface area contributed by atoms with E-state index in [9.17, 15) is 14.0 Å². The number of benzene rings is 1. The van der Waals surface area contributed by atoms with Gasteiger partial charge in [0.15, 0.2) is 11.6 Å². The van der Waals surface area contributed by atoms with Gasteiger partial charge in [0.25, 0.3) is 0 Å². The predicted molar refractivity (Wildman–Crippen MR) is 113 cm³/mol. The normalized spacial score (nSPS) is 18.1. The molecule has 0 aliphatic carbocycles. The van der Waals surface area contributed by atoms with Gasteiger partial charge in [0, 0.05) is 49.4 Å². The van der Waals surface area contributed by atoms with Gasteiger partial charge in [-0.15, -0.1) is 0 Å². The maximum absolute atomic E-state index is 13.6. The van der Waals surface area contributed by atoms with E-state index in [1.54, 1.807) is 12.3 Å². The molecule has 164 valence electrons. The summed E-state index contributed by atoms with van der Waals surface area (Å²) in [5, 5.41) is 12.6. The van der Waals surface area contributed by atoms with Crippen molar-refractivity contribution in [3.05, 3.63) is 94.6 Å². The van der Waals surface area contributed by atoms with Crippen molar-refractivity contribution < 1.29 is 18.7 Å². The minimum absolute atomic E-state index is 0.0843.